The highest BCUT2D eigenvalue weighted by atomic mass is 28.4. The van der Waals surface area contributed by atoms with Crippen LogP contribution < -0.4 is 0 Å². The van der Waals surface area contributed by atoms with Gasteiger partial charge in [-0.25, -0.2) is 0 Å². The van der Waals surface area contributed by atoms with Gasteiger partial charge in [0.25, 0.3) is 0 Å². The van der Waals surface area contributed by atoms with Crippen molar-refractivity contribution in [3.8, 4) is 0 Å². The first-order valence-corrected chi connectivity index (χ1v) is 18.3. The molecule has 31 heavy (non-hydrogen) atoms. The molecule has 0 radical (unpaired) electrons. The average molecular weight is 476 g/mol. The number of nitrogens with zero attached hydrogens (tertiary/aromatic N) is 3. The summed E-state index contributed by atoms with van der Waals surface area (Å²) in [4.78, 5) is 5.27. The van der Waals surface area contributed by atoms with E-state index in [4.69, 9.17) is 8.85 Å². The maximum absolute atomic E-state index is 6.19. The summed E-state index contributed by atoms with van der Waals surface area (Å²) < 4.78 is 15.3. The van der Waals surface area contributed by atoms with Crippen molar-refractivity contribution in [3.63, 3.8) is 0 Å². The largest absolute Gasteiger partial charge is 0.395 e. The Morgan fingerprint density at radius 1 is 0.677 bits per heavy atom. The predicted molar refractivity (Wildman–Crippen MR) is 143 cm³/mol. The topological polar surface area (TPSA) is 28.2 Å². The minimum atomic E-state index is -2.13. The van der Waals surface area contributed by atoms with Crippen molar-refractivity contribution in [1.82, 2.24) is 14.4 Å². The lowest BCUT2D eigenvalue weighted by Crippen LogP contribution is -2.55. The van der Waals surface area contributed by atoms with Gasteiger partial charge in [-0.3, -0.25) is 4.90 Å². The maximum Gasteiger partial charge on any atom is 0.336 e. The van der Waals surface area contributed by atoms with Crippen LogP contribution in [0, 0.1) is 0 Å². The van der Waals surface area contributed by atoms with Gasteiger partial charge < -0.3 is 18.3 Å². The molecular weight excluding hydrogens is 418 g/mol. The fourth-order valence-corrected chi connectivity index (χ4v) is 12.2. The second-order valence-electron chi connectivity index (χ2n) is 8.98. The molecule has 0 bridgehead atoms. The molecule has 0 amide bonds. The molecule has 188 valence electrons. The van der Waals surface area contributed by atoms with Crippen LogP contribution in [0.4, 0.5) is 0 Å². The monoisotopic (exact) mass is 475 g/mol. The van der Waals surface area contributed by atoms with E-state index in [1.54, 1.807) is 0 Å². The second kappa shape index (κ2) is 16.8. The minimum Gasteiger partial charge on any atom is -0.395 e. The lowest BCUT2D eigenvalue weighted by molar-refractivity contribution is 0.147. The van der Waals surface area contributed by atoms with Gasteiger partial charge in [-0.2, -0.15) is 0 Å². The van der Waals surface area contributed by atoms with Crippen LogP contribution in [0.1, 0.15) is 62.3 Å². The van der Waals surface area contributed by atoms with Crippen molar-refractivity contribution in [1.29, 1.82) is 0 Å². The summed E-state index contributed by atoms with van der Waals surface area (Å²) >= 11 is 0. The number of likely N-dealkylation sites (N-methyl/N-ethyl adjacent to an activating group) is 2. The summed E-state index contributed by atoms with van der Waals surface area (Å²) in [6, 6.07) is 5.61. The Morgan fingerprint density at radius 2 is 1.16 bits per heavy atom. The second-order valence-corrected chi connectivity index (χ2v) is 17.4. The molecular formula is C24H57N3O2Si2. The van der Waals surface area contributed by atoms with Gasteiger partial charge in [-0.15, -0.1) is 0 Å². The maximum atomic E-state index is 6.19. The van der Waals surface area contributed by atoms with Crippen molar-refractivity contribution in [2.45, 2.75) is 99.1 Å². The summed E-state index contributed by atoms with van der Waals surface area (Å²) in [6.45, 7) is 32.5. The molecule has 0 spiro atoms. The van der Waals surface area contributed by atoms with Gasteiger partial charge >= 0.3 is 8.56 Å². The van der Waals surface area contributed by atoms with Gasteiger partial charge in [0.15, 0.2) is 0 Å². The van der Waals surface area contributed by atoms with Crippen LogP contribution in [-0.4, -0.2) is 96.2 Å². The normalized spacial score (nSPS) is 14.2. The summed E-state index contributed by atoms with van der Waals surface area (Å²) in [5.74, 6) is 0. The molecule has 1 atom stereocenters. The zero-order valence-corrected chi connectivity index (χ0v) is 24.9. The summed E-state index contributed by atoms with van der Waals surface area (Å²) in [6.07, 6.45) is 0. The Morgan fingerprint density at radius 3 is 1.55 bits per heavy atom. The predicted octanol–water partition coefficient (Wildman–Crippen LogP) is 5.49. The number of hydrogen-bond donors (Lipinski definition) is 0. The first kappa shape index (κ1) is 31.2. The highest BCUT2D eigenvalue weighted by Gasteiger charge is 2.36. The molecule has 0 aliphatic heterocycles. The van der Waals surface area contributed by atoms with Crippen LogP contribution in [0.25, 0.3) is 0 Å². The Hall–Kier alpha value is 0.234. The molecule has 0 aliphatic rings. The van der Waals surface area contributed by atoms with Gasteiger partial charge in [0, 0.05) is 51.5 Å². The van der Waals surface area contributed by atoms with Crippen molar-refractivity contribution in [2.24, 2.45) is 0 Å². The van der Waals surface area contributed by atoms with E-state index in [9.17, 15) is 0 Å². The number of rotatable bonds is 20. The molecule has 7 heteroatoms. The van der Waals surface area contributed by atoms with E-state index in [0.717, 1.165) is 52.0 Å². The van der Waals surface area contributed by atoms with Crippen LogP contribution in [0.15, 0.2) is 0 Å². The van der Waals surface area contributed by atoms with Crippen LogP contribution in [0.5, 0.6) is 0 Å². The molecule has 0 N–H and O–H groups in total. The first-order valence-electron chi connectivity index (χ1n) is 13.2. The minimum absolute atomic E-state index is 0.477. The SMILES string of the molecule is CCO[Si](C)(CC(C)N(CCN(CC)CC)CCN(CC)[Si](CC)(CC)CC)OCC. The molecule has 0 saturated carbocycles. The van der Waals surface area contributed by atoms with Crippen LogP contribution in [0.3, 0.4) is 0 Å². The molecule has 0 heterocycles. The van der Waals surface area contributed by atoms with E-state index in [1.165, 1.54) is 31.2 Å². The van der Waals surface area contributed by atoms with Gasteiger partial charge in [-0.1, -0.05) is 41.5 Å². The summed E-state index contributed by atoms with van der Waals surface area (Å²) in [7, 11) is -3.45. The van der Waals surface area contributed by atoms with Gasteiger partial charge in [0.05, 0.1) is 0 Å². The average Bonchev–Trinajstić information content (AvgIpc) is 2.76. The van der Waals surface area contributed by atoms with Gasteiger partial charge in [-0.05, 0) is 65.1 Å². The molecule has 0 fully saturated rings. The summed E-state index contributed by atoms with van der Waals surface area (Å²) in [5, 5.41) is 0. The highest BCUT2D eigenvalue weighted by Crippen LogP contribution is 2.25. The lowest BCUT2D eigenvalue weighted by Gasteiger charge is -2.42. The van der Waals surface area contributed by atoms with Crippen LogP contribution >= 0.6 is 0 Å². The van der Waals surface area contributed by atoms with Crippen molar-refractivity contribution in [3.05, 3.63) is 0 Å². The Labute approximate surface area is 198 Å². The smallest absolute Gasteiger partial charge is 0.336 e. The molecule has 0 aromatic carbocycles. The van der Waals surface area contributed by atoms with E-state index in [1.807, 2.05) is 0 Å². The van der Waals surface area contributed by atoms with Gasteiger partial charge in [0.1, 0.15) is 8.24 Å². The van der Waals surface area contributed by atoms with Crippen LogP contribution in [0.2, 0.25) is 30.7 Å². The molecule has 0 aromatic rings. The fraction of sp³-hybridized carbons (Fsp3) is 1.00. The zero-order chi connectivity index (χ0) is 23.9. The van der Waals surface area contributed by atoms with Crippen molar-refractivity contribution >= 4 is 16.8 Å². The molecule has 0 saturated heterocycles. The van der Waals surface area contributed by atoms with Crippen LogP contribution in [-0.2, 0) is 8.85 Å². The third-order valence-electron chi connectivity index (χ3n) is 7.47. The van der Waals surface area contributed by atoms with Gasteiger partial charge in [0.2, 0.25) is 0 Å². The van der Waals surface area contributed by atoms with E-state index in [-0.39, 0.29) is 0 Å². The van der Waals surface area contributed by atoms with E-state index in [0.29, 0.717) is 6.04 Å². The highest BCUT2D eigenvalue weighted by molar-refractivity contribution is 6.77. The quantitative estimate of drug-likeness (QED) is 0.217. The van der Waals surface area contributed by atoms with Crippen molar-refractivity contribution < 1.29 is 8.85 Å². The molecule has 0 rings (SSSR count). The Bertz CT molecular complexity index is 421. The molecule has 1 unspecified atom stereocenters. The first-order chi connectivity index (χ1) is 14.7. The standard InChI is InChI=1S/C24H57N3O2Si2/c1-11-25(12-2)19-20-26(24(9)23-30(10,28-14-4)29-15-5)21-22-27(13-3)31(16-6,17-7)18-8/h24H,11-23H2,1-10H3. The summed E-state index contributed by atoms with van der Waals surface area (Å²) in [5.41, 5.74) is 0. The third-order valence-corrected chi connectivity index (χ3v) is 16.4. The van der Waals surface area contributed by atoms with E-state index in [2.05, 4.69) is 83.2 Å². The number of hydrogen-bond acceptors (Lipinski definition) is 5. The Kier molecular flexibility index (Phi) is 16.9. The zero-order valence-electron chi connectivity index (χ0n) is 22.9. The third kappa shape index (κ3) is 10.4. The fourth-order valence-electron chi connectivity index (χ4n) is 5.20. The molecule has 0 aromatic heterocycles. The molecule has 0 aliphatic carbocycles. The Balaban J connectivity index is 5.43. The lowest BCUT2D eigenvalue weighted by atomic mass is 10.3. The van der Waals surface area contributed by atoms with Crippen molar-refractivity contribution in [2.75, 3.05) is 59.0 Å². The van der Waals surface area contributed by atoms with E-state index >= 15 is 0 Å². The van der Waals surface area contributed by atoms with E-state index < -0.39 is 16.8 Å². The molecule has 5 nitrogen and oxygen atoms in total.